The van der Waals surface area contributed by atoms with E-state index in [-0.39, 0.29) is 5.69 Å². The number of ether oxygens (including phenoxy) is 1. The predicted octanol–water partition coefficient (Wildman–Crippen LogP) is 2.42. The molecule has 1 aromatic rings. The van der Waals surface area contributed by atoms with E-state index in [0.717, 1.165) is 18.5 Å². The summed E-state index contributed by atoms with van der Waals surface area (Å²) < 4.78 is 5.65. The molecule has 0 aromatic heterocycles. The van der Waals surface area contributed by atoms with E-state index >= 15 is 0 Å². The van der Waals surface area contributed by atoms with Gasteiger partial charge in [0, 0.05) is 12.1 Å². The van der Waals surface area contributed by atoms with E-state index in [1.165, 1.54) is 18.9 Å². The van der Waals surface area contributed by atoms with Crippen LogP contribution in [0.4, 0.5) is 5.69 Å². The number of hydrogen-bond acceptors (Lipinski definition) is 4. The monoisotopic (exact) mass is 250 g/mol. The SMILES string of the molecule is Cc1cc(OCC2CCCCN2)cc([N+](=O)[O-])c1. The first-order valence-corrected chi connectivity index (χ1v) is 6.27. The molecule has 0 amide bonds. The van der Waals surface area contributed by atoms with Gasteiger partial charge >= 0.3 is 0 Å². The molecule has 0 aliphatic carbocycles. The van der Waals surface area contributed by atoms with Crippen molar-refractivity contribution in [2.24, 2.45) is 0 Å². The molecule has 0 saturated carbocycles. The molecular weight excluding hydrogens is 232 g/mol. The van der Waals surface area contributed by atoms with Gasteiger partial charge < -0.3 is 10.1 Å². The van der Waals surface area contributed by atoms with E-state index in [1.807, 2.05) is 13.0 Å². The Morgan fingerprint density at radius 3 is 2.94 bits per heavy atom. The van der Waals surface area contributed by atoms with Crippen molar-refractivity contribution >= 4 is 5.69 Å². The number of hydrogen-bond donors (Lipinski definition) is 1. The number of rotatable bonds is 4. The van der Waals surface area contributed by atoms with Crippen molar-refractivity contribution in [3.05, 3.63) is 33.9 Å². The van der Waals surface area contributed by atoms with E-state index in [2.05, 4.69) is 5.32 Å². The quantitative estimate of drug-likeness (QED) is 0.658. The van der Waals surface area contributed by atoms with Crippen LogP contribution in [-0.2, 0) is 0 Å². The number of nitrogens with one attached hydrogen (secondary N) is 1. The minimum atomic E-state index is -0.390. The van der Waals surface area contributed by atoms with Gasteiger partial charge in [0.25, 0.3) is 5.69 Å². The smallest absolute Gasteiger partial charge is 0.273 e. The molecule has 0 radical (unpaired) electrons. The summed E-state index contributed by atoms with van der Waals surface area (Å²) in [7, 11) is 0. The van der Waals surface area contributed by atoms with Gasteiger partial charge in [-0.05, 0) is 37.9 Å². The van der Waals surface area contributed by atoms with Crippen LogP contribution in [0.5, 0.6) is 5.75 Å². The molecule has 1 heterocycles. The van der Waals surface area contributed by atoms with Crippen LogP contribution < -0.4 is 10.1 Å². The van der Waals surface area contributed by atoms with Crippen LogP contribution in [0.25, 0.3) is 0 Å². The van der Waals surface area contributed by atoms with Crippen LogP contribution in [0.15, 0.2) is 18.2 Å². The summed E-state index contributed by atoms with van der Waals surface area (Å²) in [5, 5.41) is 14.1. The lowest BCUT2D eigenvalue weighted by atomic mass is 10.1. The van der Waals surface area contributed by atoms with Crippen molar-refractivity contribution < 1.29 is 9.66 Å². The molecule has 98 valence electrons. The van der Waals surface area contributed by atoms with Crippen LogP contribution >= 0.6 is 0 Å². The van der Waals surface area contributed by atoms with Gasteiger partial charge in [0.05, 0.1) is 11.0 Å². The lowest BCUT2D eigenvalue weighted by molar-refractivity contribution is -0.385. The van der Waals surface area contributed by atoms with Gasteiger partial charge in [0.1, 0.15) is 12.4 Å². The standard InChI is InChI=1S/C13H18N2O3/c1-10-6-12(15(16)17)8-13(7-10)18-9-11-4-2-3-5-14-11/h6-8,11,14H,2-5,9H2,1H3. The summed E-state index contributed by atoms with van der Waals surface area (Å²) >= 11 is 0. The highest BCUT2D eigenvalue weighted by molar-refractivity contribution is 5.42. The van der Waals surface area contributed by atoms with Gasteiger partial charge in [-0.15, -0.1) is 0 Å². The molecule has 1 unspecified atom stereocenters. The van der Waals surface area contributed by atoms with Gasteiger partial charge in [0.2, 0.25) is 0 Å². The molecule has 1 aromatic carbocycles. The average Bonchev–Trinajstić information content (AvgIpc) is 2.37. The fraction of sp³-hybridized carbons (Fsp3) is 0.538. The van der Waals surface area contributed by atoms with Crippen LogP contribution in [0.1, 0.15) is 24.8 Å². The summed E-state index contributed by atoms with van der Waals surface area (Å²) in [5.41, 5.74) is 0.928. The summed E-state index contributed by atoms with van der Waals surface area (Å²) in [4.78, 5) is 10.4. The van der Waals surface area contributed by atoms with Gasteiger partial charge in [-0.3, -0.25) is 10.1 Å². The predicted molar refractivity (Wildman–Crippen MR) is 69.0 cm³/mol. The Morgan fingerprint density at radius 1 is 1.44 bits per heavy atom. The largest absolute Gasteiger partial charge is 0.492 e. The summed E-state index contributed by atoms with van der Waals surface area (Å²) in [6, 6.07) is 5.22. The zero-order valence-electron chi connectivity index (χ0n) is 10.5. The van der Waals surface area contributed by atoms with Crippen molar-refractivity contribution in [1.82, 2.24) is 5.32 Å². The average molecular weight is 250 g/mol. The molecule has 1 fully saturated rings. The Hall–Kier alpha value is -1.62. The van der Waals surface area contributed by atoms with E-state index in [0.29, 0.717) is 18.4 Å². The fourth-order valence-corrected chi connectivity index (χ4v) is 2.18. The Bertz CT molecular complexity index is 428. The molecule has 5 heteroatoms. The first-order valence-electron chi connectivity index (χ1n) is 6.27. The van der Waals surface area contributed by atoms with Crippen molar-refractivity contribution in [1.29, 1.82) is 0 Å². The minimum absolute atomic E-state index is 0.0848. The molecule has 1 aliphatic rings. The maximum atomic E-state index is 10.7. The lowest BCUT2D eigenvalue weighted by Gasteiger charge is -2.23. The maximum Gasteiger partial charge on any atom is 0.273 e. The Kier molecular flexibility index (Phi) is 4.15. The molecule has 0 spiro atoms. The minimum Gasteiger partial charge on any atom is -0.492 e. The second-order valence-electron chi connectivity index (χ2n) is 4.72. The maximum absolute atomic E-state index is 10.7. The third-order valence-corrected chi connectivity index (χ3v) is 3.11. The van der Waals surface area contributed by atoms with Gasteiger partial charge in [-0.1, -0.05) is 6.42 Å². The van der Waals surface area contributed by atoms with Crippen molar-refractivity contribution in [2.75, 3.05) is 13.2 Å². The highest BCUT2D eigenvalue weighted by Gasteiger charge is 2.14. The number of nitrogens with zero attached hydrogens (tertiary/aromatic N) is 1. The van der Waals surface area contributed by atoms with Crippen molar-refractivity contribution in [2.45, 2.75) is 32.2 Å². The molecular formula is C13H18N2O3. The Labute approximate surface area is 106 Å². The van der Waals surface area contributed by atoms with Gasteiger partial charge in [0.15, 0.2) is 0 Å². The summed E-state index contributed by atoms with van der Waals surface area (Å²) in [6.45, 7) is 3.43. The molecule has 1 aliphatic heterocycles. The van der Waals surface area contributed by atoms with Crippen LogP contribution in [0.2, 0.25) is 0 Å². The first-order chi connectivity index (χ1) is 8.65. The number of non-ortho nitro benzene ring substituents is 1. The molecule has 1 atom stereocenters. The zero-order chi connectivity index (χ0) is 13.0. The molecule has 2 rings (SSSR count). The molecule has 18 heavy (non-hydrogen) atoms. The van der Waals surface area contributed by atoms with Crippen LogP contribution in [-0.4, -0.2) is 24.1 Å². The highest BCUT2D eigenvalue weighted by atomic mass is 16.6. The normalized spacial score (nSPS) is 19.5. The number of piperidine rings is 1. The Balaban J connectivity index is 1.97. The second kappa shape index (κ2) is 5.82. The van der Waals surface area contributed by atoms with E-state index in [4.69, 9.17) is 4.74 Å². The molecule has 5 nitrogen and oxygen atoms in total. The number of nitro groups is 1. The highest BCUT2D eigenvalue weighted by Crippen LogP contribution is 2.22. The van der Waals surface area contributed by atoms with Gasteiger partial charge in [-0.2, -0.15) is 0 Å². The molecule has 1 N–H and O–H groups in total. The van der Waals surface area contributed by atoms with Crippen molar-refractivity contribution in [3.8, 4) is 5.75 Å². The third-order valence-electron chi connectivity index (χ3n) is 3.11. The zero-order valence-corrected chi connectivity index (χ0v) is 10.5. The number of benzene rings is 1. The van der Waals surface area contributed by atoms with Gasteiger partial charge in [-0.25, -0.2) is 0 Å². The molecule has 1 saturated heterocycles. The third kappa shape index (κ3) is 3.43. The summed E-state index contributed by atoms with van der Waals surface area (Å²) in [6.07, 6.45) is 3.54. The first kappa shape index (κ1) is 12.8. The van der Waals surface area contributed by atoms with E-state index in [1.54, 1.807) is 6.07 Å². The number of nitro benzene ring substituents is 1. The fourth-order valence-electron chi connectivity index (χ4n) is 2.18. The van der Waals surface area contributed by atoms with E-state index in [9.17, 15) is 10.1 Å². The van der Waals surface area contributed by atoms with Crippen molar-refractivity contribution in [3.63, 3.8) is 0 Å². The lowest BCUT2D eigenvalue weighted by Crippen LogP contribution is -2.38. The Morgan fingerprint density at radius 2 is 2.28 bits per heavy atom. The van der Waals surface area contributed by atoms with Crippen LogP contribution in [0, 0.1) is 17.0 Å². The summed E-state index contributed by atoms with van der Waals surface area (Å²) in [5.74, 6) is 0.578. The topological polar surface area (TPSA) is 64.4 Å². The molecule has 0 bridgehead atoms. The van der Waals surface area contributed by atoms with E-state index < -0.39 is 4.92 Å². The van der Waals surface area contributed by atoms with Crippen LogP contribution in [0.3, 0.4) is 0 Å². The number of aryl methyl sites for hydroxylation is 1. The second-order valence-corrected chi connectivity index (χ2v) is 4.72.